The lowest BCUT2D eigenvalue weighted by atomic mass is 9.90. The summed E-state index contributed by atoms with van der Waals surface area (Å²) in [4.78, 5) is 33.0. The Hall–Kier alpha value is -4.21. The van der Waals surface area contributed by atoms with Crippen molar-refractivity contribution in [1.82, 2.24) is 19.3 Å². The Bertz CT molecular complexity index is 1680. The molecule has 0 N–H and O–H groups in total. The van der Waals surface area contributed by atoms with Gasteiger partial charge in [-0.1, -0.05) is 18.2 Å². The SMILES string of the molecule is CN1CCN(c2ccc3c(-c4ccccc4C(=O)N(C)CC(=O)[O-])c4ccc(=[N+]5CCN(C)CC5)cc-4oc3c2)CC1. The summed E-state index contributed by atoms with van der Waals surface area (Å²) in [5.41, 5.74) is 4.81. The second kappa shape index (κ2) is 11.6. The number of carbonyl (C=O) groups is 2. The number of carbonyl (C=O) groups excluding carboxylic acids is 2. The summed E-state index contributed by atoms with van der Waals surface area (Å²) in [5.74, 6) is -0.930. The maximum atomic E-state index is 13.5. The largest absolute Gasteiger partial charge is 0.548 e. The number of carboxylic acids is 1. The topological polar surface area (TPSA) is 86.3 Å². The number of anilines is 1. The Kier molecular flexibility index (Phi) is 7.70. The molecule has 218 valence electrons. The van der Waals surface area contributed by atoms with Gasteiger partial charge in [0.15, 0.2) is 13.1 Å². The van der Waals surface area contributed by atoms with E-state index in [4.69, 9.17) is 4.42 Å². The summed E-state index contributed by atoms with van der Waals surface area (Å²) >= 11 is 0. The monoisotopic (exact) mass is 567 g/mol. The van der Waals surface area contributed by atoms with Crippen molar-refractivity contribution in [3.63, 3.8) is 0 Å². The number of aliphatic carboxylic acids is 1. The Labute approximate surface area is 245 Å². The Morgan fingerprint density at radius 2 is 1.60 bits per heavy atom. The fourth-order valence-corrected chi connectivity index (χ4v) is 6.04. The van der Waals surface area contributed by atoms with Gasteiger partial charge >= 0.3 is 0 Å². The minimum atomic E-state index is -1.30. The highest BCUT2D eigenvalue weighted by Gasteiger charge is 2.25. The van der Waals surface area contributed by atoms with Gasteiger partial charge in [0.1, 0.15) is 11.3 Å². The normalized spacial score (nSPS) is 16.7. The summed E-state index contributed by atoms with van der Waals surface area (Å²) < 4.78 is 9.04. The van der Waals surface area contributed by atoms with Crippen LogP contribution in [0.5, 0.6) is 0 Å². The van der Waals surface area contributed by atoms with Gasteiger partial charge in [-0.05, 0) is 43.9 Å². The number of piperazine rings is 2. The minimum absolute atomic E-state index is 0.375. The maximum absolute atomic E-state index is 13.5. The highest BCUT2D eigenvalue weighted by atomic mass is 16.4. The number of nitrogens with zero attached hydrogens (tertiary/aromatic N) is 5. The van der Waals surface area contributed by atoms with Crippen molar-refractivity contribution >= 4 is 28.5 Å². The fourth-order valence-electron chi connectivity index (χ4n) is 6.04. The molecule has 0 bridgehead atoms. The van der Waals surface area contributed by atoms with Gasteiger partial charge in [0.25, 0.3) is 5.91 Å². The van der Waals surface area contributed by atoms with E-state index in [9.17, 15) is 14.7 Å². The predicted molar refractivity (Wildman–Crippen MR) is 162 cm³/mol. The lowest BCUT2D eigenvalue weighted by Gasteiger charge is -2.34. The molecule has 9 heteroatoms. The molecule has 2 aromatic rings. The quantitative estimate of drug-likeness (QED) is 0.267. The van der Waals surface area contributed by atoms with E-state index in [1.807, 2.05) is 12.1 Å². The molecule has 0 saturated carbocycles. The van der Waals surface area contributed by atoms with Crippen LogP contribution in [0.25, 0.3) is 33.4 Å². The molecule has 0 aromatic heterocycles. The van der Waals surface area contributed by atoms with E-state index >= 15 is 0 Å². The summed E-state index contributed by atoms with van der Waals surface area (Å²) in [6.45, 7) is 7.29. The van der Waals surface area contributed by atoms with Gasteiger partial charge in [0.2, 0.25) is 5.36 Å². The smallest absolute Gasteiger partial charge is 0.254 e. The average Bonchev–Trinajstić information content (AvgIpc) is 2.99. The Morgan fingerprint density at radius 1 is 0.881 bits per heavy atom. The molecular formula is C33H37N5O4. The van der Waals surface area contributed by atoms with Crippen molar-refractivity contribution in [3.8, 4) is 22.5 Å². The zero-order chi connectivity index (χ0) is 29.4. The zero-order valence-electron chi connectivity index (χ0n) is 24.5. The van der Waals surface area contributed by atoms with E-state index < -0.39 is 12.5 Å². The number of likely N-dealkylation sites (N-methyl/N-ethyl adjacent to an activating group) is 3. The lowest BCUT2D eigenvalue weighted by Crippen LogP contribution is -2.46. The third kappa shape index (κ3) is 5.49. The van der Waals surface area contributed by atoms with Crippen LogP contribution in [0.15, 0.2) is 65.1 Å². The molecule has 4 aliphatic rings. The molecule has 42 heavy (non-hydrogen) atoms. The second-order valence-corrected chi connectivity index (χ2v) is 11.5. The van der Waals surface area contributed by atoms with E-state index in [1.165, 1.54) is 11.9 Å². The van der Waals surface area contributed by atoms with Crippen LogP contribution in [-0.2, 0) is 4.79 Å². The molecule has 9 nitrogen and oxygen atoms in total. The molecule has 0 atom stereocenters. The van der Waals surface area contributed by atoms with Gasteiger partial charge in [0, 0.05) is 73.1 Å². The number of fused-ring (bicyclic) bond motifs is 2. The molecule has 1 aliphatic carbocycles. The highest BCUT2D eigenvalue weighted by molar-refractivity contribution is 6.09. The van der Waals surface area contributed by atoms with Gasteiger partial charge in [-0.2, -0.15) is 0 Å². The Morgan fingerprint density at radius 3 is 2.33 bits per heavy atom. The van der Waals surface area contributed by atoms with Gasteiger partial charge in [-0.3, -0.25) is 9.69 Å². The molecule has 3 heterocycles. The first kappa shape index (κ1) is 27.9. The van der Waals surface area contributed by atoms with E-state index in [0.717, 1.165) is 96.8 Å². The highest BCUT2D eigenvalue weighted by Crippen LogP contribution is 2.42. The van der Waals surface area contributed by atoms with Crippen molar-refractivity contribution < 1.29 is 19.1 Å². The van der Waals surface area contributed by atoms with Crippen molar-refractivity contribution in [2.24, 2.45) is 0 Å². The van der Waals surface area contributed by atoms with Crippen molar-refractivity contribution in [1.29, 1.82) is 0 Å². The molecule has 2 fully saturated rings. The fraction of sp³-hybridized carbons (Fsp3) is 0.364. The van der Waals surface area contributed by atoms with Crippen LogP contribution >= 0.6 is 0 Å². The number of carboxylic acid groups (broad SMARTS) is 1. The Balaban J connectivity index is 1.56. The summed E-state index contributed by atoms with van der Waals surface area (Å²) in [6.07, 6.45) is 0. The van der Waals surface area contributed by atoms with Crippen LogP contribution < -0.4 is 19.9 Å². The summed E-state index contributed by atoms with van der Waals surface area (Å²) in [6, 6.07) is 20.0. The van der Waals surface area contributed by atoms with Gasteiger partial charge < -0.3 is 29.0 Å². The molecule has 0 unspecified atom stereocenters. The molecule has 6 rings (SSSR count). The van der Waals surface area contributed by atoms with E-state index in [0.29, 0.717) is 5.56 Å². The minimum Gasteiger partial charge on any atom is -0.548 e. The van der Waals surface area contributed by atoms with Crippen molar-refractivity contribution in [2.75, 3.05) is 84.9 Å². The van der Waals surface area contributed by atoms with Crippen LogP contribution in [0.4, 0.5) is 5.69 Å². The van der Waals surface area contributed by atoms with Crippen molar-refractivity contribution in [3.05, 3.63) is 71.6 Å². The third-order valence-corrected chi connectivity index (χ3v) is 8.57. The number of amides is 1. The van der Waals surface area contributed by atoms with Gasteiger partial charge in [-0.15, -0.1) is 0 Å². The first-order valence-electron chi connectivity index (χ1n) is 14.5. The third-order valence-electron chi connectivity index (χ3n) is 8.57. The molecule has 3 aliphatic heterocycles. The number of rotatable bonds is 5. The summed E-state index contributed by atoms with van der Waals surface area (Å²) in [5, 5.41) is 13.3. The standard InChI is InChI=1S/C33H37N5O4/c1-34-12-16-37(17-13-34)23-8-10-27-29(20-23)42-30-21-24(38-18-14-35(2)15-19-38)9-11-28(30)32(27)25-6-4-5-7-26(25)33(41)36(3)22-31(39)40/h4-11,20-21H,12-19,22H2,1-3H3. The zero-order valence-corrected chi connectivity index (χ0v) is 24.5. The van der Waals surface area contributed by atoms with Crippen LogP contribution in [-0.4, -0.2) is 107 Å². The lowest BCUT2D eigenvalue weighted by molar-refractivity contribution is -0.305. The number of hydrogen-bond acceptors (Lipinski definition) is 7. The molecular weight excluding hydrogens is 530 g/mol. The maximum Gasteiger partial charge on any atom is 0.254 e. The van der Waals surface area contributed by atoms with Crippen LogP contribution in [0.3, 0.4) is 0 Å². The van der Waals surface area contributed by atoms with Crippen LogP contribution in [0.1, 0.15) is 10.4 Å². The van der Waals surface area contributed by atoms with Gasteiger partial charge in [0.05, 0.1) is 31.7 Å². The number of hydrogen-bond donors (Lipinski definition) is 0. The first-order chi connectivity index (χ1) is 20.3. The molecule has 2 aromatic carbocycles. The van der Waals surface area contributed by atoms with E-state index in [2.05, 4.69) is 69.8 Å². The molecule has 1 amide bonds. The number of benzene rings is 3. The van der Waals surface area contributed by atoms with E-state index in [1.54, 1.807) is 12.1 Å². The van der Waals surface area contributed by atoms with E-state index in [-0.39, 0.29) is 5.91 Å². The van der Waals surface area contributed by atoms with Gasteiger partial charge in [-0.25, -0.2) is 4.58 Å². The van der Waals surface area contributed by atoms with Crippen molar-refractivity contribution in [2.45, 2.75) is 0 Å². The second-order valence-electron chi connectivity index (χ2n) is 11.5. The predicted octanol–water partition coefficient (Wildman–Crippen LogP) is 1.50. The summed E-state index contributed by atoms with van der Waals surface area (Å²) in [7, 11) is 5.77. The molecule has 0 spiro atoms. The van der Waals surface area contributed by atoms with Crippen LogP contribution in [0.2, 0.25) is 0 Å². The van der Waals surface area contributed by atoms with Crippen LogP contribution in [0, 0.1) is 0 Å². The first-order valence-corrected chi connectivity index (χ1v) is 14.5. The molecule has 2 saturated heterocycles. The average molecular weight is 568 g/mol. The molecule has 0 radical (unpaired) electrons.